The van der Waals surface area contributed by atoms with Crippen molar-refractivity contribution in [3.8, 4) is 11.1 Å². The zero-order valence-corrected chi connectivity index (χ0v) is 22.7. The summed E-state index contributed by atoms with van der Waals surface area (Å²) in [7, 11) is 0. The van der Waals surface area contributed by atoms with Gasteiger partial charge in [0.1, 0.15) is 12.3 Å². The number of hydrogen-bond acceptors (Lipinski definition) is 5. The first kappa shape index (κ1) is 29.0. The molecule has 2 aliphatic rings. The Balaban J connectivity index is 1.56. The Morgan fingerprint density at radius 1 is 1.07 bits per heavy atom. The summed E-state index contributed by atoms with van der Waals surface area (Å²) in [5.41, 5.74) is 1.84. The predicted octanol–water partition coefficient (Wildman–Crippen LogP) is 6.12. The van der Waals surface area contributed by atoms with Crippen molar-refractivity contribution in [3.63, 3.8) is 0 Å². The second-order valence-electron chi connectivity index (χ2n) is 10.3. The number of alkyl halides is 3. The molecule has 2 aliphatic heterocycles. The van der Waals surface area contributed by atoms with E-state index in [2.05, 4.69) is 5.32 Å². The molecule has 0 spiro atoms. The lowest BCUT2D eigenvalue weighted by Gasteiger charge is -2.29. The Morgan fingerprint density at radius 3 is 2.51 bits per heavy atom. The van der Waals surface area contributed by atoms with E-state index in [-0.39, 0.29) is 12.5 Å². The lowest BCUT2D eigenvalue weighted by molar-refractivity contribution is -0.223. The number of carbonyl (C=O) groups excluding carboxylic acids is 2. The van der Waals surface area contributed by atoms with Crippen LogP contribution in [-0.4, -0.2) is 41.8 Å². The quantitative estimate of drug-likeness (QED) is 0.351. The van der Waals surface area contributed by atoms with Crippen LogP contribution in [0.3, 0.4) is 0 Å². The van der Waals surface area contributed by atoms with Gasteiger partial charge in [-0.1, -0.05) is 17.7 Å². The van der Waals surface area contributed by atoms with Crippen LogP contribution < -0.4 is 10.9 Å². The Kier molecular flexibility index (Phi) is 8.63. The zero-order valence-electron chi connectivity index (χ0n) is 22.0. The number of anilines is 1. The molecule has 3 unspecified atom stereocenters. The molecule has 0 radical (unpaired) electrons. The summed E-state index contributed by atoms with van der Waals surface area (Å²) in [5.74, 6) is -0.497. The van der Waals surface area contributed by atoms with E-state index in [1.807, 2.05) is 0 Å². The Morgan fingerprint density at radius 2 is 1.83 bits per heavy atom. The third-order valence-corrected chi connectivity index (χ3v) is 7.68. The van der Waals surface area contributed by atoms with Gasteiger partial charge < -0.3 is 19.4 Å². The molecular formula is C30H28ClF3N2O5. The monoisotopic (exact) mass is 588 g/mol. The molecule has 1 fully saturated rings. The molecule has 5 rings (SSSR count). The maximum atomic E-state index is 13.8. The minimum absolute atomic E-state index is 0.186. The average molecular weight is 589 g/mol. The standard InChI is InChI=1S/C30H28ClF3N2O5/c31-21-7-6-19-11-27(30(32,33)34)41-17-20-15-36(28(38)14-25(20)24(19)12-21)26(13-23-3-1-2-10-40-23)29(39)35-22-8-4-18(16-37)5-9-22/h4-9,12,14-16,23,26-27H,1-3,10-11,13,17H2,(H,35,39). The summed E-state index contributed by atoms with van der Waals surface area (Å²) in [6.07, 6.45) is -2.58. The van der Waals surface area contributed by atoms with Gasteiger partial charge in [0.15, 0.2) is 6.10 Å². The normalized spacial score (nSPS) is 19.7. The van der Waals surface area contributed by atoms with Gasteiger partial charge in [0.2, 0.25) is 5.91 Å². The summed E-state index contributed by atoms with van der Waals surface area (Å²) in [5, 5.41) is 3.11. The molecule has 3 heterocycles. The maximum Gasteiger partial charge on any atom is 0.414 e. The highest BCUT2D eigenvalue weighted by Gasteiger charge is 2.42. The molecular weight excluding hydrogens is 561 g/mol. The van der Waals surface area contributed by atoms with Gasteiger partial charge in [-0.05, 0) is 72.4 Å². The average Bonchev–Trinajstić information content (AvgIpc) is 2.94. The largest absolute Gasteiger partial charge is 0.414 e. The number of fused-ring (bicyclic) bond motifs is 3. The molecule has 2 aromatic carbocycles. The summed E-state index contributed by atoms with van der Waals surface area (Å²) in [6.45, 7) is 0.114. The molecule has 1 amide bonds. The van der Waals surface area contributed by atoms with Crippen molar-refractivity contribution in [2.75, 3.05) is 11.9 Å². The molecule has 41 heavy (non-hydrogen) atoms. The van der Waals surface area contributed by atoms with Gasteiger partial charge in [-0.3, -0.25) is 14.4 Å². The number of rotatable bonds is 6. The lowest BCUT2D eigenvalue weighted by Crippen LogP contribution is -2.37. The highest BCUT2D eigenvalue weighted by atomic mass is 35.5. The van der Waals surface area contributed by atoms with Crippen LogP contribution in [0.1, 0.15) is 53.2 Å². The van der Waals surface area contributed by atoms with Crippen molar-refractivity contribution >= 4 is 29.5 Å². The first-order chi connectivity index (χ1) is 19.6. The Bertz CT molecular complexity index is 1480. The number of pyridine rings is 1. The number of nitrogens with one attached hydrogen (secondary N) is 1. The van der Waals surface area contributed by atoms with Crippen molar-refractivity contribution in [1.29, 1.82) is 0 Å². The Labute approximate surface area is 239 Å². The number of hydrogen-bond donors (Lipinski definition) is 1. The lowest BCUT2D eigenvalue weighted by atomic mass is 9.92. The molecule has 11 heteroatoms. The first-order valence-electron chi connectivity index (χ1n) is 13.3. The molecule has 0 saturated carbocycles. The maximum absolute atomic E-state index is 13.8. The second kappa shape index (κ2) is 12.2. The number of nitrogens with zero attached hydrogens (tertiary/aromatic N) is 1. The molecule has 0 bridgehead atoms. The first-order valence-corrected chi connectivity index (χ1v) is 13.7. The van der Waals surface area contributed by atoms with Gasteiger partial charge in [0.25, 0.3) is 5.56 Å². The Hall–Kier alpha value is -3.47. The highest BCUT2D eigenvalue weighted by molar-refractivity contribution is 6.30. The van der Waals surface area contributed by atoms with Crippen LogP contribution in [0.25, 0.3) is 11.1 Å². The van der Waals surface area contributed by atoms with Crippen LogP contribution in [0, 0.1) is 0 Å². The van der Waals surface area contributed by atoms with Gasteiger partial charge in [0, 0.05) is 53.5 Å². The SMILES string of the molecule is O=Cc1ccc(NC(=O)C(CC2CCCCO2)n2cc3c(cc2=O)-c2cc(Cl)ccc2CC(C(F)(F)F)OC3)cc1. The van der Waals surface area contributed by atoms with Crippen LogP contribution >= 0.6 is 11.6 Å². The predicted molar refractivity (Wildman–Crippen MR) is 147 cm³/mol. The summed E-state index contributed by atoms with van der Waals surface area (Å²) in [6, 6.07) is 11.1. The topological polar surface area (TPSA) is 86.6 Å². The fraction of sp³-hybridized carbons (Fsp3) is 0.367. The van der Waals surface area contributed by atoms with E-state index in [1.165, 1.54) is 29.0 Å². The summed E-state index contributed by atoms with van der Waals surface area (Å²) >= 11 is 6.21. The van der Waals surface area contributed by atoms with Gasteiger partial charge in [-0.15, -0.1) is 0 Å². The van der Waals surface area contributed by atoms with Crippen LogP contribution in [0.2, 0.25) is 5.02 Å². The third-order valence-electron chi connectivity index (χ3n) is 7.45. The van der Waals surface area contributed by atoms with E-state index >= 15 is 0 Å². The van der Waals surface area contributed by atoms with Gasteiger partial charge in [-0.25, -0.2) is 0 Å². The van der Waals surface area contributed by atoms with Crippen molar-refractivity contribution in [2.45, 2.75) is 63.1 Å². The van der Waals surface area contributed by atoms with Crippen LogP contribution in [-0.2, 0) is 27.3 Å². The number of halogens is 4. The summed E-state index contributed by atoms with van der Waals surface area (Å²) < 4.78 is 53.9. The van der Waals surface area contributed by atoms with Crippen molar-refractivity contribution in [1.82, 2.24) is 4.57 Å². The molecule has 1 saturated heterocycles. The number of benzene rings is 2. The van der Waals surface area contributed by atoms with Crippen LogP contribution in [0.5, 0.6) is 0 Å². The second-order valence-corrected chi connectivity index (χ2v) is 10.7. The van der Waals surface area contributed by atoms with Crippen molar-refractivity contribution < 1.29 is 32.2 Å². The molecule has 3 atom stereocenters. The number of carbonyl (C=O) groups is 2. The van der Waals surface area contributed by atoms with Crippen molar-refractivity contribution in [2.24, 2.45) is 0 Å². The number of amides is 1. The van der Waals surface area contributed by atoms with Crippen LogP contribution in [0.4, 0.5) is 18.9 Å². The van der Waals surface area contributed by atoms with Gasteiger partial charge in [-0.2, -0.15) is 13.2 Å². The summed E-state index contributed by atoms with van der Waals surface area (Å²) in [4.78, 5) is 38.2. The molecule has 1 aromatic heterocycles. The minimum atomic E-state index is -4.61. The van der Waals surface area contributed by atoms with Gasteiger partial charge in [0.05, 0.1) is 12.7 Å². The smallest absolute Gasteiger partial charge is 0.378 e. The number of aldehydes is 1. The van der Waals surface area contributed by atoms with E-state index < -0.39 is 42.8 Å². The third kappa shape index (κ3) is 6.72. The van der Waals surface area contributed by atoms with Gasteiger partial charge >= 0.3 is 6.18 Å². The molecule has 216 valence electrons. The molecule has 0 aliphatic carbocycles. The van der Waals surface area contributed by atoms with Crippen molar-refractivity contribution in [3.05, 3.63) is 86.8 Å². The van der Waals surface area contributed by atoms with E-state index in [0.29, 0.717) is 57.8 Å². The molecule has 3 aromatic rings. The number of ether oxygens (including phenoxy) is 2. The van der Waals surface area contributed by atoms with E-state index in [9.17, 15) is 27.6 Å². The van der Waals surface area contributed by atoms with E-state index in [0.717, 1.165) is 12.8 Å². The fourth-order valence-electron chi connectivity index (χ4n) is 5.30. The minimum Gasteiger partial charge on any atom is -0.378 e. The molecule has 1 N–H and O–H groups in total. The van der Waals surface area contributed by atoms with E-state index in [4.69, 9.17) is 21.1 Å². The fourth-order valence-corrected chi connectivity index (χ4v) is 5.47. The van der Waals surface area contributed by atoms with Crippen LogP contribution in [0.15, 0.2) is 59.5 Å². The molecule has 7 nitrogen and oxygen atoms in total. The number of aromatic nitrogens is 1. The highest BCUT2D eigenvalue weighted by Crippen LogP contribution is 2.37. The zero-order chi connectivity index (χ0) is 29.1. The van der Waals surface area contributed by atoms with E-state index in [1.54, 1.807) is 30.3 Å².